The average molecular weight is 185 g/mol. The highest BCUT2D eigenvalue weighted by Crippen LogP contribution is 2.01. The third-order valence-electron chi connectivity index (χ3n) is 2.71. The van der Waals surface area contributed by atoms with Crippen molar-refractivity contribution in [3.8, 4) is 0 Å². The number of piperazine rings is 1. The van der Waals surface area contributed by atoms with E-state index in [0.717, 1.165) is 19.6 Å². The third-order valence-corrected chi connectivity index (χ3v) is 2.71. The van der Waals surface area contributed by atoms with Crippen molar-refractivity contribution in [3.05, 3.63) is 0 Å². The number of rotatable bonds is 5. The summed E-state index contributed by atoms with van der Waals surface area (Å²) >= 11 is 0. The van der Waals surface area contributed by atoms with Crippen LogP contribution in [0.2, 0.25) is 0 Å². The molecule has 1 saturated heterocycles. The van der Waals surface area contributed by atoms with Gasteiger partial charge in [-0.2, -0.15) is 0 Å². The molecule has 0 aromatic heterocycles. The number of nitrogens with zero attached hydrogens (tertiary/aromatic N) is 1. The maximum Gasteiger partial charge on any atom is 0.0207 e. The molecule has 0 amide bonds. The standard InChI is InChI=1S/C10H23N3/c1-3-11-6-5-10-9-13(4-2)8-7-12-10/h10-12H,3-9H2,1-2H3/t10-/m0/s1. The molecule has 0 radical (unpaired) electrons. The predicted octanol–water partition coefficient (Wildman–Crippen LogP) is 0.280. The van der Waals surface area contributed by atoms with E-state index < -0.39 is 0 Å². The first-order valence-corrected chi connectivity index (χ1v) is 5.53. The summed E-state index contributed by atoms with van der Waals surface area (Å²) in [5.41, 5.74) is 0. The second-order valence-electron chi connectivity index (χ2n) is 3.69. The van der Waals surface area contributed by atoms with Gasteiger partial charge in [0.15, 0.2) is 0 Å². The van der Waals surface area contributed by atoms with Crippen molar-refractivity contribution in [2.45, 2.75) is 26.3 Å². The molecular weight excluding hydrogens is 162 g/mol. The van der Waals surface area contributed by atoms with Crippen molar-refractivity contribution < 1.29 is 0 Å². The highest BCUT2D eigenvalue weighted by Gasteiger charge is 2.16. The Labute approximate surface area is 81.9 Å². The lowest BCUT2D eigenvalue weighted by molar-refractivity contribution is 0.203. The van der Waals surface area contributed by atoms with Gasteiger partial charge in [-0.1, -0.05) is 13.8 Å². The van der Waals surface area contributed by atoms with Crippen LogP contribution in [-0.2, 0) is 0 Å². The lowest BCUT2D eigenvalue weighted by Crippen LogP contribution is -2.51. The summed E-state index contributed by atoms with van der Waals surface area (Å²) in [6.07, 6.45) is 1.25. The minimum atomic E-state index is 0.702. The molecule has 1 rings (SSSR count). The summed E-state index contributed by atoms with van der Waals surface area (Å²) in [6, 6.07) is 0.702. The Bertz CT molecular complexity index is 127. The Morgan fingerprint density at radius 2 is 2.31 bits per heavy atom. The Morgan fingerprint density at radius 1 is 1.46 bits per heavy atom. The van der Waals surface area contributed by atoms with Gasteiger partial charge in [0.05, 0.1) is 0 Å². The largest absolute Gasteiger partial charge is 0.317 e. The number of hydrogen-bond donors (Lipinski definition) is 2. The van der Waals surface area contributed by atoms with Gasteiger partial charge in [0.1, 0.15) is 0 Å². The van der Waals surface area contributed by atoms with Crippen molar-refractivity contribution in [1.82, 2.24) is 15.5 Å². The van der Waals surface area contributed by atoms with Crippen molar-refractivity contribution in [1.29, 1.82) is 0 Å². The zero-order valence-electron chi connectivity index (χ0n) is 8.97. The van der Waals surface area contributed by atoms with Gasteiger partial charge in [0.2, 0.25) is 0 Å². The maximum absolute atomic E-state index is 3.56. The number of hydrogen-bond acceptors (Lipinski definition) is 3. The quantitative estimate of drug-likeness (QED) is 0.603. The molecule has 0 saturated carbocycles. The van der Waals surface area contributed by atoms with Gasteiger partial charge in [-0.3, -0.25) is 0 Å². The summed E-state index contributed by atoms with van der Waals surface area (Å²) < 4.78 is 0. The summed E-state index contributed by atoms with van der Waals surface area (Å²) in [6.45, 7) is 11.4. The monoisotopic (exact) mass is 185 g/mol. The Hall–Kier alpha value is -0.120. The Morgan fingerprint density at radius 3 is 3.00 bits per heavy atom. The minimum Gasteiger partial charge on any atom is -0.317 e. The molecule has 3 heteroatoms. The zero-order chi connectivity index (χ0) is 9.52. The molecule has 13 heavy (non-hydrogen) atoms. The van der Waals surface area contributed by atoms with Crippen LogP contribution < -0.4 is 10.6 Å². The zero-order valence-corrected chi connectivity index (χ0v) is 8.97. The first-order valence-electron chi connectivity index (χ1n) is 5.53. The normalized spacial score (nSPS) is 24.9. The molecule has 1 aliphatic rings. The van der Waals surface area contributed by atoms with Gasteiger partial charge >= 0.3 is 0 Å². The number of likely N-dealkylation sites (N-methyl/N-ethyl adjacent to an activating group) is 1. The molecule has 2 N–H and O–H groups in total. The van der Waals surface area contributed by atoms with Crippen molar-refractivity contribution >= 4 is 0 Å². The van der Waals surface area contributed by atoms with Crippen molar-refractivity contribution in [2.24, 2.45) is 0 Å². The van der Waals surface area contributed by atoms with Crippen LogP contribution in [0.25, 0.3) is 0 Å². The molecule has 1 heterocycles. The van der Waals surface area contributed by atoms with Crippen LogP contribution >= 0.6 is 0 Å². The summed E-state index contributed by atoms with van der Waals surface area (Å²) in [5, 5.41) is 6.93. The lowest BCUT2D eigenvalue weighted by Gasteiger charge is -2.32. The van der Waals surface area contributed by atoms with E-state index in [1.807, 2.05) is 0 Å². The molecule has 0 aliphatic carbocycles. The van der Waals surface area contributed by atoms with E-state index in [1.54, 1.807) is 0 Å². The molecule has 0 bridgehead atoms. The minimum absolute atomic E-state index is 0.702. The van der Waals surface area contributed by atoms with Gasteiger partial charge < -0.3 is 15.5 Å². The molecule has 0 aromatic rings. The summed E-state index contributed by atoms with van der Waals surface area (Å²) in [5.74, 6) is 0. The molecule has 0 unspecified atom stereocenters. The van der Waals surface area contributed by atoms with Crippen molar-refractivity contribution in [2.75, 3.05) is 39.3 Å². The van der Waals surface area contributed by atoms with E-state index >= 15 is 0 Å². The van der Waals surface area contributed by atoms with E-state index in [-0.39, 0.29) is 0 Å². The third kappa shape index (κ3) is 4.07. The molecule has 0 spiro atoms. The first kappa shape index (κ1) is 11.0. The van der Waals surface area contributed by atoms with E-state index in [2.05, 4.69) is 29.4 Å². The van der Waals surface area contributed by atoms with Crippen LogP contribution in [0.1, 0.15) is 20.3 Å². The molecule has 1 aliphatic heterocycles. The van der Waals surface area contributed by atoms with Gasteiger partial charge in [0.25, 0.3) is 0 Å². The van der Waals surface area contributed by atoms with E-state index in [0.29, 0.717) is 6.04 Å². The van der Waals surface area contributed by atoms with Crippen molar-refractivity contribution in [3.63, 3.8) is 0 Å². The smallest absolute Gasteiger partial charge is 0.0207 e. The van der Waals surface area contributed by atoms with Gasteiger partial charge in [-0.25, -0.2) is 0 Å². The Kier molecular flexibility index (Phi) is 5.35. The molecular formula is C10H23N3. The Balaban J connectivity index is 2.11. The van der Waals surface area contributed by atoms with E-state index in [1.165, 1.54) is 26.1 Å². The fourth-order valence-corrected chi connectivity index (χ4v) is 1.83. The predicted molar refractivity (Wildman–Crippen MR) is 57.1 cm³/mol. The SMILES string of the molecule is CCNCC[C@H]1CN(CC)CCN1. The van der Waals surface area contributed by atoms with Gasteiger partial charge in [0, 0.05) is 25.7 Å². The van der Waals surface area contributed by atoms with Gasteiger partial charge in [-0.05, 0) is 26.1 Å². The molecule has 1 atom stereocenters. The summed E-state index contributed by atoms with van der Waals surface area (Å²) in [7, 11) is 0. The van der Waals surface area contributed by atoms with Crippen LogP contribution in [0.5, 0.6) is 0 Å². The molecule has 0 aromatic carbocycles. The van der Waals surface area contributed by atoms with Crippen LogP contribution in [0.15, 0.2) is 0 Å². The highest BCUT2D eigenvalue weighted by atomic mass is 15.2. The average Bonchev–Trinajstić information content (AvgIpc) is 2.19. The van der Waals surface area contributed by atoms with E-state index in [9.17, 15) is 0 Å². The fraction of sp³-hybridized carbons (Fsp3) is 1.00. The fourth-order valence-electron chi connectivity index (χ4n) is 1.83. The molecule has 1 fully saturated rings. The first-order chi connectivity index (χ1) is 6.36. The lowest BCUT2D eigenvalue weighted by atomic mass is 10.1. The topological polar surface area (TPSA) is 27.3 Å². The van der Waals surface area contributed by atoms with Crippen LogP contribution in [0.4, 0.5) is 0 Å². The second-order valence-corrected chi connectivity index (χ2v) is 3.69. The van der Waals surface area contributed by atoms with E-state index in [4.69, 9.17) is 0 Å². The van der Waals surface area contributed by atoms with Crippen LogP contribution in [0.3, 0.4) is 0 Å². The molecule has 78 valence electrons. The number of nitrogens with one attached hydrogen (secondary N) is 2. The maximum atomic E-state index is 3.56. The van der Waals surface area contributed by atoms with Gasteiger partial charge in [-0.15, -0.1) is 0 Å². The second kappa shape index (κ2) is 6.35. The van der Waals surface area contributed by atoms with Crippen LogP contribution in [-0.4, -0.2) is 50.2 Å². The highest BCUT2D eigenvalue weighted by molar-refractivity contribution is 4.78. The summed E-state index contributed by atoms with van der Waals surface area (Å²) in [4.78, 5) is 2.52. The molecule has 3 nitrogen and oxygen atoms in total. The van der Waals surface area contributed by atoms with Crippen LogP contribution in [0, 0.1) is 0 Å².